The average molecular weight is 784 g/mol. The molecule has 180 valence electrons. The Hall–Kier alpha value is -0.810. The van der Waals surface area contributed by atoms with Crippen LogP contribution in [0.1, 0.15) is 45.5 Å². The number of halogens is 5. The summed E-state index contributed by atoms with van der Waals surface area (Å²) in [5.74, 6) is 1.77. The summed E-state index contributed by atoms with van der Waals surface area (Å²) >= 11 is 17.7. The highest BCUT2D eigenvalue weighted by atomic mass is 79.9. The Bertz CT molecular complexity index is 1210. The zero-order valence-electron chi connectivity index (χ0n) is 18.9. The largest absolute Gasteiger partial charge is 0.423 e. The maximum Gasteiger partial charge on any atom is 0.328 e. The van der Waals surface area contributed by atoms with Gasteiger partial charge in [0.15, 0.2) is 5.75 Å². The van der Waals surface area contributed by atoms with Crippen LogP contribution in [0, 0.1) is 0 Å². The standard InChI is InChI=1S/C24H22Br5N3O2/c1-5-8-24(4,7-3)21-30-22(33-19-13(6-2)9-14(25)10-16(19)27)32-23(31-21)34-20-17(28)11-15(26)12-18(20)29/h5,8-12H,6-7H2,1-4H3/b8-5-. The summed E-state index contributed by atoms with van der Waals surface area (Å²) in [7, 11) is 0. The fourth-order valence-electron chi connectivity index (χ4n) is 3.20. The third-order valence-corrected chi connectivity index (χ3v) is 7.87. The number of rotatable bonds is 8. The molecule has 3 aromatic rings. The van der Waals surface area contributed by atoms with Gasteiger partial charge in [0, 0.05) is 14.4 Å². The number of hydrogen-bond donors (Lipinski definition) is 0. The van der Waals surface area contributed by atoms with Gasteiger partial charge in [-0.15, -0.1) is 4.98 Å². The third-order valence-electron chi connectivity index (χ3n) is 5.19. The first-order valence-corrected chi connectivity index (χ1v) is 14.4. The van der Waals surface area contributed by atoms with Crippen LogP contribution in [0.15, 0.2) is 58.8 Å². The average Bonchev–Trinajstić information content (AvgIpc) is 2.77. The first-order valence-electron chi connectivity index (χ1n) is 10.5. The molecule has 1 atom stereocenters. The second-order valence-corrected chi connectivity index (χ2v) is 12.0. The molecule has 1 aromatic heterocycles. The highest BCUT2D eigenvalue weighted by Crippen LogP contribution is 2.40. The second-order valence-electron chi connectivity index (χ2n) is 7.63. The molecule has 0 amide bonds. The summed E-state index contributed by atoms with van der Waals surface area (Å²) in [5.41, 5.74) is 0.586. The van der Waals surface area contributed by atoms with Crippen LogP contribution in [0.2, 0.25) is 0 Å². The molecule has 0 spiro atoms. The first kappa shape index (κ1) is 27.8. The molecular formula is C24H22Br5N3O2. The van der Waals surface area contributed by atoms with Crippen molar-refractivity contribution in [3.8, 4) is 23.5 Å². The van der Waals surface area contributed by atoms with E-state index in [9.17, 15) is 0 Å². The Morgan fingerprint density at radius 3 is 1.79 bits per heavy atom. The first-order chi connectivity index (χ1) is 16.1. The molecule has 5 nitrogen and oxygen atoms in total. The molecule has 1 unspecified atom stereocenters. The molecule has 34 heavy (non-hydrogen) atoms. The summed E-state index contributed by atoms with van der Waals surface area (Å²) in [6.07, 6.45) is 5.64. The topological polar surface area (TPSA) is 57.1 Å². The molecule has 0 fully saturated rings. The Kier molecular flexibility index (Phi) is 9.76. The Balaban J connectivity index is 2.15. The van der Waals surface area contributed by atoms with Gasteiger partial charge in [0.2, 0.25) is 0 Å². The van der Waals surface area contributed by atoms with Crippen LogP contribution < -0.4 is 9.47 Å². The fourth-order valence-corrected chi connectivity index (χ4v) is 7.02. The van der Waals surface area contributed by atoms with Crippen molar-refractivity contribution in [2.24, 2.45) is 0 Å². The lowest BCUT2D eigenvalue weighted by molar-refractivity contribution is 0.376. The van der Waals surface area contributed by atoms with E-state index < -0.39 is 5.41 Å². The molecule has 3 rings (SSSR count). The van der Waals surface area contributed by atoms with Crippen molar-refractivity contribution >= 4 is 79.6 Å². The summed E-state index contributed by atoms with van der Waals surface area (Å²) in [6, 6.07) is 8.03. The number of aromatic nitrogens is 3. The van der Waals surface area contributed by atoms with Crippen LogP contribution in [0.5, 0.6) is 23.5 Å². The van der Waals surface area contributed by atoms with E-state index in [1.807, 2.05) is 37.3 Å². The van der Waals surface area contributed by atoms with Gasteiger partial charge in [-0.25, -0.2) is 0 Å². The van der Waals surface area contributed by atoms with Crippen LogP contribution in [0.3, 0.4) is 0 Å². The maximum atomic E-state index is 6.24. The van der Waals surface area contributed by atoms with Crippen LogP contribution in [-0.2, 0) is 11.8 Å². The van der Waals surface area contributed by atoms with Crippen LogP contribution in [-0.4, -0.2) is 15.0 Å². The van der Waals surface area contributed by atoms with Crippen molar-refractivity contribution in [3.05, 3.63) is 70.2 Å². The number of aryl methyl sites for hydroxylation is 1. The zero-order valence-corrected chi connectivity index (χ0v) is 26.9. The molecule has 0 radical (unpaired) electrons. The van der Waals surface area contributed by atoms with E-state index in [-0.39, 0.29) is 12.0 Å². The summed E-state index contributed by atoms with van der Waals surface area (Å²) in [6.45, 7) is 8.21. The van der Waals surface area contributed by atoms with Crippen molar-refractivity contribution in [2.75, 3.05) is 0 Å². The summed E-state index contributed by atoms with van der Waals surface area (Å²) < 4.78 is 16.5. The quantitative estimate of drug-likeness (QED) is 0.213. The summed E-state index contributed by atoms with van der Waals surface area (Å²) in [5, 5.41) is 0. The summed E-state index contributed by atoms with van der Waals surface area (Å²) in [4.78, 5) is 13.9. The van der Waals surface area contributed by atoms with Gasteiger partial charge in [0.25, 0.3) is 0 Å². The Morgan fingerprint density at radius 2 is 1.29 bits per heavy atom. The predicted molar refractivity (Wildman–Crippen MR) is 153 cm³/mol. The van der Waals surface area contributed by atoms with Gasteiger partial charge >= 0.3 is 12.0 Å². The van der Waals surface area contributed by atoms with E-state index in [1.54, 1.807) is 0 Å². The van der Waals surface area contributed by atoms with Gasteiger partial charge in [-0.3, -0.25) is 0 Å². The molecule has 0 saturated carbocycles. The highest BCUT2D eigenvalue weighted by Gasteiger charge is 2.28. The van der Waals surface area contributed by atoms with Crippen molar-refractivity contribution in [2.45, 2.75) is 46.0 Å². The molecule has 0 aliphatic rings. The van der Waals surface area contributed by atoms with Gasteiger partial charge in [-0.05, 0) is 104 Å². The lowest BCUT2D eigenvalue weighted by atomic mass is 9.86. The number of hydrogen-bond acceptors (Lipinski definition) is 5. The van der Waals surface area contributed by atoms with Crippen molar-refractivity contribution in [1.29, 1.82) is 0 Å². The van der Waals surface area contributed by atoms with E-state index in [0.29, 0.717) is 17.3 Å². The van der Waals surface area contributed by atoms with Gasteiger partial charge < -0.3 is 9.47 Å². The third kappa shape index (κ3) is 6.49. The Labute approximate surface area is 241 Å². The number of allylic oxidation sites excluding steroid dienone is 2. The molecule has 0 N–H and O–H groups in total. The molecule has 10 heteroatoms. The predicted octanol–water partition coefficient (Wildman–Crippen LogP) is 10.1. The molecule has 0 aliphatic carbocycles. The van der Waals surface area contributed by atoms with Gasteiger partial charge in [0.05, 0.1) is 13.4 Å². The van der Waals surface area contributed by atoms with Crippen molar-refractivity contribution in [3.63, 3.8) is 0 Å². The maximum absolute atomic E-state index is 6.24. The molecule has 0 bridgehead atoms. The lowest BCUT2D eigenvalue weighted by Gasteiger charge is -2.23. The van der Waals surface area contributed by atoms with Crippen molar-refractivity contribution in [1.82, 2.24) is 15.0 Å². The number of nitrogens with zero attached hydrogens (tertiary/aromatic N) is 3. The van der Waals surface area contributed by atoms with Crippen LogP contribution in [0.4, 0.5) is 0 Å². The van der Waals surface area contributed by atoms with E-state index >= 15 is 0 Å². The molecule has 0 aliphatic heterocycles. The SMILES string of the molecule is C/C=C\C(C)(CC)c1nc(Oc2c(Br)cc(Br)cc2Br)nc(Oc2c(Br)cc(Br)cc2CC)n1. The van der Waals surface area contributed by atoms with Gasteiger partial charge in [-0.1, -0.05) is 57.9 Å². The second kappa shape index (κ2) is 12.0. The molecule has 1 heterocycles. The minimum atomic E-state index is -0.424. The van der Waals surface area contributed by atoms with Crippen molar-refractivity contribution < 1.29 is 9.47 Å². The Morgan fingerprint density at radius 1 is 0.794 bits per heavy atom. The minimum Gasteiger partial charge on any atom is -0.423 e. The smallest absolute Gasteiger partial charge is 0.328 e. The highest BCUT2D eigenvalue weighted by molar-refractivity contribution is 9.12. The lowest BCUT2D eigenvalue weighted by Crippen LogP contribution is -2.22. The number of ether oxygens (including phenoxy) is 2. The van der Waals surface area contributed by atoms with Gasteiger partial charge in [-0.2, -0.15) is 9.97 Å². The van der Waals surface area contributed by atoms with Crippen LogP contribution >= 0.6 is 79.6 Å². The molecule has 2 aromatic carbocycles. The van der Waals surface area contributed by atoms with E-state index in [0.717, 1.165) is 40.8 Å². The van der Waals surface area contributed by atoms with E-state index in [1.165, 1.54) is 0 Å². The molecule has 0 saturated heterocycles. The monoisotopic (exact) mass is 779 g/mol. The normalized spacial score (nSPS) is 13.2. The number of benzene rings is 2. The zero-order chi connectivity index (χ0) is 25.0. The fraction of sp³-hybridized carbons (Fsp3) is 0.292. The van der Waals surface area contributed by atoms with E-state index in [2.05, 4.69) is 116 Å². The van der Waals surface area contributed by atoms with E-state index in [4.69, 9.17) is 14.5 Å². The molecular weight excluding hydrogens is 762 g/mol. The van der Waals surface area contributed by atoms with Gasteiger partial charge in [0.1, 0.15) is 11.6 Å². The minimum absolute atomic E-state index is 0.138. The van der Waals surface area contributed by atoms with Crippen LogP contribution in [0.25, 0.3) is 0 Å².